The molecule has 2 aliphatic heterocycles. The maximum Gasteiger partial charge on any atom is 0.136 e. The van der Waals surface area contributed by atoms with Gasteiger partial charge in [-0.2, -0.15) is 0 Å². The van der Waals surface area contributed by atoms with Gasteiger partial charge >= 0.3 is 0 Å². The number of fused-ring (bicyclic) bond motifs is 2. The van der Waals surface area contributed by atoms with Crippen molar-refractivity contribution in [3.8, 4) is 0 Å². The largest absolute Gasteiger partial charge is 0.392 e. The van der Waals surface area contributed by atoms with Gasteiger partial charge in [-0.25, -0.2) is 0 Å². The predicted molar refractivity (Wildman–Crippen MR) is 102 cm³/mol. The second-order valence-electron chi connectivity index (χ2n) is 11.2. The number of piperidine rings is 1. The molecule has 0 aromatic heterocycles. The van der Waals surface area contributed by atoms with Crippen LogP contribution in [0.25, 0.3) is 0 Å². The molecule has 0 amide bonds. The Morgan fingerprint density at radius 2 is 1.90 bits per heavy atom. The number of hydrogen-bond donors (Lipinski definition) is 4. The fourth-order valence-corrected chi connectivity index (χ4v) is 10.3. The van der Waals surface area contributed by atoms with Crippen molar-refractivity contribution in [3.05, 3.63) is 0 Å². The maximum absolute atomic E-state index is 12.5. The van der Waals surface area contributed by atoms with E-state index in [2.05, 4.69) is 11.8 Å². The van der Waals surface area contributed by atoms with Gasteiger partial charge in [0, 0.05) is 56.8 Å². The molecule has 5 aliphatic carbocycles. The number of likely N-dealkylation sites (tertiary alicyclic amines) is 1. The monoisotopic (exact) mass is 423 g/mol. The highest BCUT2D eigenvalue weighted by atomic mass is 16.6. The van der Waals surface area contributed by atoms with Crippen molar-refractivity contribution in [2.45, 2.75) is 79.6 Å². The van der Waals surface area contributed by atoms with Crippen LogP contribution in [-0.4, -0.2) is 106 Å². The molecule has 7 rings (SSSR count). The third-order valence-electron chi connectivity index (χ3n) is 11.0. The molecule has 7 aliphatic rings. The second-order valence-corrected chi connectivity index (χ2v) is 11.2. The van der Waals surface area contributed by atoms with Crippen molar-refractivity contribution in [3.63, 3.8) is 0 Å². The summed E-state index contributed by atoms with van der Waals surface area (Å²) < 4.78 is 18.1. The normalized spacial score (nSPS) is 69.3. The van der Waals surface area contributed by atoms with Gasteiger partial charge in [0.05, 0.1) is 36.6 Å². The van der Waals surface area contributed by atoms with E-state index in [1.807, 2.05) is 0 Å². The van der Waals surface area contributed by atoms with Gasteiger partial charge in [-0.15, -0.1) is 0 Å². The van der Waals surface area contributed by atoms with E-state index in [1.54, 1.807) is 14.2 Å². The molecule has 0 aromatic rings. The predicted octanol–water partition coefficient (Wildman–Crippen LogP) is -1.27. The van der Waals surface area contributed by atoms with Crippen molar-refractivity contribution in [2.24, 2.45) is 29.1 Å². The van der Waals surface area contributed by atoms with E-state index in [-0.39, 0.29) is 42.5 Å². The summed E-state index contributed by atoms with van der Waals surface area (Å²) in [7, 11) is 3.31. The molecular formula is C22H33NO7. The van der Waals surface area contributed by atoms with E-state index in [0.29, 0.717) is 19.5 Å². The SMILES string of the molecule is CCN1CC23OC2CC(OC)C24C5CC6C(OC)CC(O)(C5C6O)C(O)(C(O)C32)C14. The molecule has 4 N–H and O–H groups in total. The van der Waals surface area contributed by atoms with E-state index in [0.717, 1.165) is 6.42 Å². The van der Waals surface area contributed by atoms with Crippen LogP contribution in [0.4, 0.5) is 0 Å². The minimum Gasteiger partial charge on any atom is -0.392 e. The molecule has 2 heterocycles. The number of likely N-dealkylation sites (N-methyl/N-ethyl adjacent to an activating group) is 1. The van der Waals surface area contributed by atoms with E-state index in [9.17, 15) is 20.4 Å². The molecule has 0 radical (unpaired) electrons. The van der Waals surface area contributed by atoms with Crippen molar-refractivity contribution < 1.29 is 34.6 Å². The molecule has 0 aromatic carbocycles. The Kier molecular flexibility index (Phi) is 3.36. The first-order valence-corrected chi connectivity index (χ1v) is 11.6. The molecule has 8 nitrogen and oxygen atoms in total. The van der Waals surface area contributed by atoms with Gasteiger partial charge in [-0.1, -0.05) is 6.92 Å². The van der Waals surface area contributed by atoms with Gasteiger partial charge in [-0.05, 0) is 18.9 Å². The Hall–Kier alpha value is -0.320. The Morgan fingerprint density at radius 1 is 1.13 bits per heavy atom. The average molecular weight is 424 g/mol. The van der Waals surface area contributed by atoms with Crippen LogP contribution in [0.5, 0.6) is 0 Å². The van der Waals surface area contributed by atoms with Crippen LogP contribution in [0.1, 0.15) is 26.2 Å². The molecule has 5 saturated carbocycles. The lowest BCUT2D eigenvalue weighted by atomic mass is 9.45. The number of hydrogen-bond acceptors (Lipinski definition) is 8. The smallest absolute Gasteiger partial charge is 0.136 e. The second kappa shape index (κ2) is 5.25. The third kappa shape index (κ3) is 1.52. The third-order valence-corrected chi connectivity index (χ3v) is 11.0. The molecule has 14 unspecified atom stereocenters. The molecule has 168 valence electrons. The Balaban J connectivity index is 1.54. The molecular weight excluding hydrogens is 390 g/mol. The van der Waals surface area contributed by atoms with E-state index in [1.165, 1.54) is 0 Å². The maximum atomic E-state index is 12.5. The molecule has 30 heavy (non-hydrogen) atoms. The van der Waals surface area contributed by atoms with Crippen LogP contribution in [-0.2, 0) is 14.2 Å². The van der Waals surface area contributed by atoms with Gasteiger partial charge < -0.3 is 34.6 Å². The van der Waals surface area contributed by atoms with Gasteiger partial charge in [0.1, 0.15) is 16.8 Å². The number of nitrogens with zero attached hydrogens (tertiary/aromatic N) is 1. The topological polar surface area (TPSA) is 115 Å². The first-order valence-electron chi connectivity index (χ1n) is 11.6. The van der Waals surface area contributed by atoms with Crippen LogP contribution in [0.2, 0.25) is 0 Å². The minimum atomic E-state index is -1.77. The fourth-order valence-electron chi connectivity index (χ4n) is 10.3. The summed E-state index contributed by atoms with van der Waals surface area (Å²) >= 11 is 0. The van der Waals surface area contributed by atoms with Crippen molar-refractivity contribution >= 4 is 0 Å². The van der Waals surface area contributed by atoms with Crippen LogP contribution in [0.3, 0.4) is 0 Å². The van der Waals surface area contributed by atoms with E-state index >= 15 is 0 Å². The summed E-state index contributed by atoms with van der Waals surface area (Å²) in [6.07, 6.45) is -0.778. The highest BCUT2D eigenvalue weighted by molar-refractivity contribution is 5.44. The van der Waals surface area contributed by atoms with Crippen LogP contribution in [0.15, 0.2) is 0 Å². The summed E-state index contributed by atoms with van der Waals surface area (Å²) in [5.74, 6) is -0.965. The summed E-state index contributed by atoms with van der Waals surface area (Å²) in [6, 6.07) is -0.441. The number of ether oxygens (including phenoxy) is 3. The average Bonchev–Trinajstić information content (AvgIpc) is 3.28. The first kappa shape index (κ1) is 19.2. The van der Waals surface area contributed by atoms with Crippen molar-refractivity contribution in [1.82, 2.24) is 4.90 Å². The van der Waals surface area contributed by atoms with Gasteiger partial charge in [-0.3, -0.25) is 4.90 Å². The number of rotatable bonds is 3. The van der Waals surface area contributed by atoms with Crippen LogP contribution in [0, 0.1) is 29.1 Å². The quantitative estimate of drug-likeness (QED) is 0.416. The zero-order valence-corrected chi connectivity index (χ0v) is 17.8. The zero-order chi connectivity index (χ0) is 21.0. The fraction of sp³-hybridized carbons (Fsp3) is 1.00. The molecule has 7 fully saturated rings. The summed E-state index contributed by atoms with van der Waals surface area (Å²) in [5.41, 5.74) is -4.47. The highest BCUT2D eigenvalue weighted by Gasteiger charge is 2.94. The van der Waals surface area contributed by atoms with Crippen LogP contribution < -0.4 is 0 Å². The zero-order valence-electron chi connectivity index (χ0n) is 17.8. The van der Waals surface area contributed by atoms with Gasteiger partial charge in [0.25, 0.3) is 0 Å². The lowest BCUT2D eigenvalue weighted by Gasteiger charge is -2.67. The number of epoxide rings is 1. The lowest BCUT2D eigenvalue weighted by Crippen LogP contribution is -2.81. The van der Waals surface area contributed by atoms with Gasteiger partial charge in [0.15, 0.2) is 0 Å². The number of methoxy groups -OCH3 is 2. The summed E-state index contributed by atoms with van der Waals surface area (Å²) in [6.45, 7) is 3.41. The van der Waals surface area contributed by atoms with Gasteiger partial charge in [0.2, 0.25) is 0 Å². The highest BCUT2D eigenvalue weighted by Crippen LogP contribution is 2.81. The molecule has 2 spiro atoms. The first-order chi connectivity index (χ1) is 14.3. The number of aliphatic hydroxyl groups excluding tert-OH is 2. The van der Waals surface area contributed by atoms with E-state index < -0.39 is 46.4 Å². The summed E-state index contributed by atoms with van der Waals surface area (Å²) in [5, 5.41) is 47.9. The number of aliphatic hydroxyl groups is 4. The lowest BCUT2D eigenvalue weighted by molar-refractivity contribution is -0.311. The molecule has 2 saturated heterocycles. The van der Waals surface area contributed by atoms with E-state index in [4.69, 9.17) is 14.2 Å². The molecule has 14 atom stereocenters. The summed E-state index contributed by atoms with van der Waals surface area (Å²) in [4.78, 5) is 2.23. The Bertz CT molecular complexity index is 812. The molecule has 8 heteroatoms. The van der Waals surface area contributed by atoms with Crippen LogP contribution >= 0.6 is 0 Å². The van der Waals surface area contributed by atoms with Crippen molar-refractivity contribution in [2.75, 3.05) is 27.3 Å². The van der Waals surface area contributed by atoms with Crippen molar-refractivity contribution in [1.29, 1.82) is 0 Å². The Labute approximate surface area is 176 Å². The minimum absolute atomic E-state index is 0.00834. The molecule has 7 bridgehead atoms. The standard InChI is InChI=1S/C22H33NO7/c1-4-23-8-19-12(30-19)6-13(29-3)21-10-5-9-11(28-2)7-20(26,14(10)15(9)24)22(27,18(21)23)17(25)16(19)21/h9-18,24-27H,4-8H2,1-3H3. The Morgan fingerprint density at radius 3 is 2.57 bits per heavy atom.